The van der Waals surface area contributed by atoms with Gasteiger partial charge in [-0.05, 0) is 59.9 Å². The molecule has 0 aliphatic carbocycles. The summed E-state index contributed by atoms with van der Waals surface area (Å²) in [5.74, 6) is -0.138. The molecule has 1 unspecified atom stereocenters. The van der Waals surface area contributed by atoms with E-state index in [1.54, 1.807) is 6.20 Å². The third-order valence-electron chi connectivity index (χ3n) is 3.81. The number of carbonyl (C=O) groups is 1. The van der Waals surface area contributed by atoms with E-state index < -0.39 is 0 Å². The van der Waals surface area contributed by atoms with Crippen LogP contribution >= 0.6 is 0 Å². The van der Waals surface area contributed by atoms with Gasteiger partial charge in [-0.2, -0.15) is 0 Å². The van der Waals surface area contributed by atoms with Gasteiger partial charge in [0, 0.05) is 6.04 Å². The fraction of sp³-hybridized carbons (Fsp3) is 0.786. The molecule has 0 bridgehead atoms. The Balaban J connectivity index is 1.86. The summed E-state index contributed by atoms with van der Waals surface area (Å²) in [6.07, 6.45) is 4.75. The highest BCUT2D eigenvalue weighted by Crippen LogP contribution is 2.17. The van der Waals surface area contributed by atoms with Crippen LogP contribution in [-0.4, -0.2) is 65.6 Å². The van der Waals surface area contributed by atoms with Crippen LogP contribution in [0, 0.1) is 0 Å². The van der Waals surface area contributed by atoms with Crippen molar-refractivity contribution in [2.45, 2.75) is 38.3 Å². The van der Waals surface area contributed by atoms with E-state index in [-0.39, 0.29) is 11.9 Å². The number of nitrogens with zero attached hydrogens (tertiary/aromatic N) is 4. The molecule has 2 heterocycles. The minimum atomic E-state index is -0.138. The summed E-state index contributed by atoms with van der Waals surface area (Å²) in [7, 11) is 4.05. The van der Waals surface area contributed by atoms with Gasteiger partial charge in [-0.15, -0.1) is 5.10 Å². The lowest BCUT2D eigenvalue weighted by atomic mass is 10.1. The summed E-state index contributed by atoms with van der Waals surface area (Å²) in [6, 6.07) is 0.482. The second-order valence-corrected chi connectivity index (χ2v) is 6.03. The Morgan fingerprint density at radius 3 is 2.90 bits per heavy atom. The van der Waals surface area contributed by atoms with E-state index in [1.165, 1.54) is 0 Å². The summed E-state index contributed by atoms with van der Waals surface area (Å²) < 4.78 is 1.83. The maximum atomic E-state index is 12.1. The first-order chi connectivity index (χ1) is 10.1. The number of hydrogen-bond acceptors (Lipinski definition) is 5. The molecule has 0 radical (unpaired) electrons. The molecule has 1 saturated heterocycles. The highest BCUT2D eigenvalue weighted by atomic mass is 16.2. The monoisotopic (exact) mass is 294 g/mol. The molecular weight excluding hydrogens is 268 g/mol. The van der Waals surface area contributed by atoms with Crippen molar-refractivity contribution in [3.8, 4) is 0 Å². The summed E-state index contributed by atoms with van der Waals surface area (Å²) in [4.78, 5) is 14.3. The highest BCUT2D eigenvalue weighted by molar-refractivity contribution is 5.92. The van der Waals surface area contributed by atoms with Crippen molar-refractivity contribution >= 4 is 5.91 Å². The molecule has 0 saturated carbocycles. The van der Waals surface area contributed by atoms with Gasteiger partial charge in [-0.1, -0.05) is 5.21 Å². The van der Waals surface area contributed by atoms with E-state index in [0.29, 0.717) is 11.7 Å². The van der Waals surface area contributed by atoms with Crippen LogP contribution < -0.4 is 10.6 Å². The zero-order chi connectivity index (χ0) is 15.2. The normalized spacial score (nSPS) is 17.9. The molecule has 1 amide bonds. The first-order valence-electron chi connectivity index (χ1n) is 7.64. The van der Waals surface area contributed by atoms with Gasteiger partial charge in [0.05, 0.1) is 12.2 Å². The fourth-order valence-corrected chi connectivity index (χ4v) is 2.45. The van der Waals surface area contributed by atoms with Crippen LogP contribution in [-0.2, 0) is 0 Å². The van der Waals surface area contributed by atoms with Crippen LogP contribution in [0.1, 0.15) is 42.7 Å². The quantitative estimate of drug-likeness (QED) is 0.788. The van der Waals surface area contributed by atoms with Gasteiger partial charge >= 0.3 is 0 Å². The molecule has 1 aromatic rings. The lowest BCUT2D eigenvalue weighted by molar-refractivity contribution is 0.0931. The first-order valence-corrected chi connectivity index (χ1v) is 7.64. The van der Waals surface area contributed by atoms with Crippen molar-refractivity contribution < 1.29 is 4.79 Å². The fourth-order valence-electron chi connectivity index (χ4n) is 2.45. The Morgan fingerprint density at radius 1 is 1.52 bits per heavy atom. The SMILES string of the molecule is CC(CCN(C)C)NC(=O)c1cn(C2CCNCC2)nn1. The van der Waals surface area contributed by atoms with Gasteiger partial charge in [-0.25, -0.2) is 4.68 Å². The second kappa shape index (κ2) is 7.51. The Labute approximate surface area is 126 Å². The van der Waals surface area contributed by atoms with E-state index in [0.717, 1.165) is 38.9 Å². The van der Waals surface area contributed by atoms with Gasteiger partial charge in [0.15, 0.2) is 5.69 Å². The van der Waals surface area contributed by atoms with Gasteiger partial charge in [-0.3, -0.25) is 4.79 Å². The van der Waals surface area contributed by atoms with Crippen molar-refractivity contribution in [3.05, 3.63) is 11.9 Å². The van der Waals surface area contributed by atoms with Crippen molar-refractivity contribution in [2.75, 3.05) is 33.7 Å². The van der Waals surface area contributed by atoms with E-state index in [4.69, 9.17) is 0 Å². The minimum Gasteiger partial charge on any atom is -0.348 e. The predicted octanol–water partition coefficient (Wildman–Crippen LogP) is 0.273. The molecule has 7 heteroatoms. The van der Waals surface area contributed by atoms with E-state index in [1.807, 2.05) is 25.7 Å². The van der Waals surface area contributed by atoms with Crippen molar-refractivity contribution in [1.29, 1.82) is 0 Å². The molecule has 1 atom stereocenters. The maximum absolute atomic E-state index is 12.1. The van der Waals surface area contributed by atoms with E-state index in [2.05, 4.69) is 25.8 Å². The number of nitrogens with one attached hydrogen (secondary N) is 2. The Hall–Kier alpha value is -1.47. The van der Waals surface area contributed by atoms with Crippen molar-refractivity contribution in [1.82, 2.24) is 30.5 Å². The maximum Gasteiger partial charge on any atom is 0.273 e. The molecule has 0 spiro atoms. The van der Waals surface area contributed by atoms with Crippen LogP contribution in [0.4, 0.5) is 0 Å². The van der Waals surface area contributed by atoms with Gasteiger partial charge in [0.2, 0.25) is 0 Å². The van der Waals surface area contributed by atoms with Crippen LogP contribution in [0.2, 0.25) is 0 Å². The second-order valence-electron chi connectivity index (χ2n) is 6.03. The lowest BCUT2D eigenvalue weighted by Crippen LogP contribution is -2.35. The zero-order valence-electron chi connectivity index (χ0n) is 13.2. The number of hydrogen-bond donors (Lipinski definition) is 2. The highest BCUT2D eigenvalue weighted by Gasteiger charge is 2.19. The molecule has 1 aliphatic rings. The third-order valence-corrected chi connectivity index (χ3v) is 3.81. The van der Waals surface area contributed by atoms with Crippen molar-refractivity contribution in [2.24, 2.45) is 0 Å². The molecule has 118 valence electrons. The molecule has 1 aliphatic heterocycles. The molecule has 7 nitrogen and oxygen atoms in total. The van der Waals surface area contributed by atoms with E-state index >= 15 is 0 Å². The molecule has 1 aromatic heterocycles. The molecular formula is C14H26N6O. The van der Waals surface area contributed by atoms with Gasteiger partial charge in [0.25, 0.3) is 5.91 Å². The third kappa shape index (κ3) is 4.78. The number of rotatable bonds is 6. The average Bonchev–Trinajstić information content (AvgIpc) is 2.96. The number of amides is 1. The van der Waals surface area contributed by atoms with Crippen molar-refractivity contribution in [3.63, 3.8) is 0 Å². The summed E-state index contributed by atoms with van der Waals surface area (Å²) in [5, 5.41) is 14.4. The van der Waals surface area contributed by atoms with Crippen LogP contribution in [0.25, 0.3) is 0 Å². The Kier molecular flexibility index (Phi) is 5.69. The van der Waals surface area contributed by atoms with Crippen LogP contribution in [0.15, 0.2) is 6.20 Å². The van der Waals surface area contributed by atoms with Gasteiger partial charge in [0.1, 0.15) is 0 Å². The number of piperidine rings is 1. The molecule has 2 rings (SSSR count). The smallest absolute Gasteiger partial charge is 0.273 e. The zero-order valence-corrected chi connectivity index (χ0v) is 13.2. The molecule has 0 aromatic carbocycles. The van der Waals surface area contributed by atoms with Crippen LogP contribution in [0.5, 0.6) is 0 Å². The number of aromatic nitrogens is 3. The number of carbonyl (C=O) groups excluding carboxylic acids is 1. The minimum absolute atomic E-state index is 0.129. The summed E-state index contributed by atoms with van der Waals surface area (Å²) in [6.45, 7) is 4.95. The molecule has 1 fully saturated rings. The predicted molar refractivity (Wildman–Crippen MR) is 81.3 cm³/mol. The summed E-state index contributed by atoms with van der Waals surface area (Å²) >= 11 is 0. The summed E-state index contributed by atoms with van der Waals surface area (Å²) in [5.41, 5.74) is 0.408. The lowest BCUT2D eigenvalue weighted by Gasteiger charge is -2.22. The molecule has 21 heavy (non-hydrogen) atoms. The first kappa shape index (κ1) is 15.9. The van der Waals surface area contributed by atoms with E-state index in [9.17, 15) is 4.79 Å². The Morgan fingerprint density at radius 2 is 2.24 bits per heavy atom. The van der Waals surface area contributed by atoms with Crippen LogP contribution in [0.3, 0.4) is 0 Å². The van der Waals surface area contributed by atoms with Gasteiger partial charge < -0.3 is 15.5 Å². The average molecular weight is 294 g/mol. The largest absolute Gasteiger partial charge is 0.348 e. The Bertz CT molecular complexity index is 452. The molecule has 2 N–H and O–H groups in total. The standard InChI is InChI=1S/C14H26N6O/c1-11(6-9-19(2)3)16-14(21)13-10-20(18-17-13)12-4-7-15-8-5-12/h10-12,15H,4-9H2,1-3H3,(H,16,21). The topological polar surface area (TPSA) is 75.1 Å².